The Bertz CT molecular complexity index is 510. The van der Waals surface area contributed by atoms with E-state index >= 15 is 0 Å². The lowest BCUT2D eigenvalue weighted by Crippen LogP contribution is -2.09. The van der Waals surface area contributed by atoms with Crippen LogP contribution >= 0.6 is 0 Å². The molecule has 0 aliphatic rings. The summed E-state index contributed by atoms with van der Waals surface area (Å²) in [6, 6.07) is 14.6. The predicted molar refractivity (Wildman–Crippen MR) is 69.6 cm³/mol. The Morgan fingerprint density at radius 1 is 1.12 bits per heavy atom. The monoisotopic (exact) mass is 212 g/mol. The van der Waals surface area contributed by atoms with Crippen molar-refractivity contribution in [3.8, 4) is 0 Å². The van der Waals surface area contributed by atoms with E-state index < -0.39 is 0 Å². The SMILES string of the molecule is CCC(N)=NCc1cccc2ccccc12. The Morgan fingerprint density at radius 3 is 2.69 bits per heavy atom. The molecule has 2 aromatic rings. The minimum Gasteiger partial charge on any atom is -0.387 e. The first-order valence-electron chi connectivity index (χ1n) is 5.56. The fraction of sp³-hybridized carbons (Fsp3) is 0.214. The van der Waals surface area contributed by atoms with Crippen LogP contribution in [0.4, 0.5) is 0 Å². The van der Waals surface area contributed by atoms with Gasteiger partial charge in [-0.2, -0.15) is 0 Å². The predicted octanol–water partition coefficient (Wildman–Crippen LogP) is 3.11. The molecule has 0 aromatic heterocycles. The van der Waals surface area contributed by atoms with Gasteiger partial charge in [0.05, 0.1) is 12.4 Å². The van der Waals surface area contributed by atoms with Gasteiger partial charge >= 0.3 is 0 Å². The topological polar surface area (TPSA) is 38.4 Å². The largest absolute Gasteiger partial charge is 0.387 e. The molecule has 2 nitrogen and oxygen atoms in total. The molecule has 0 amide bonds. The third-order valence-electron chi connectivity index (χ3n) is 2.69. The van der Waals surface area contributed by atoms with E-state index in [2.05, 4.69) is 47.5 Å². The normalized spacial score (nSPS) is 11.9. The molecule has 2 aromatic carbocycles. The lowest BCUT2D eigenvalue weighted by atomic mass is 10.0. The fourth-order valence-corrected chi connectivity index (χ4v) is 1.73. The summed E-state index contributed by atoms with van der Waals surface area (Å²) in [4.78, 5) is 4.36. The smallest absolute Gasteiger partial charge is 0.0938 e. The van der Waals surface area contributed by atoms with E-state index in [9.17, 15) is 0 Å². The summed E-state index contributed by atoms with van der Waals surface area (Å²) in [5.74, 6) is 0.716. The highest BCUT2D eigenvalue weighted by Crippen LogP contribution is 2.18. The Labute approximate surface area is 95.8 Å². The van der Waals surface area contributed by atoms with E-state index in [1.807, 2.05) is 6.92 Å². The maximum absolute atomic E-state index is 5.71. The maximum atomic E-state index is 5.71. The van der Waals surface area contributed by atoms with Crippen LogP contribution in [0.15, 0.2) is 47.5 Å². The zero-order valence-electron chi connectivity index (χ0n) is 9.48. The zero-order valence-corrected chi connectivity index (χ0v) is 9.48. The van der Waals surface area contributed by atoms with E-state index in [1.165, 1.54) is 16.3 Å². The highest BCUT2D eigenvalue weighted by atomic mass is 14.8. The van der Waals surface area contributed by atoms with Crippen molar-refractivity contribution >= 4 is 16.6 Å². The van der Waals surface area contributed by atoms with E-state index in [-0.39, 0.29) is 0 Å². The maximum Gasteiger partial charge on any atom is 0.0938 e. The number of fused-ring (bicyclic) bond motifs is 1. The first kappa shape index (κ1) is 10.7. The van der Waals surface area contributed by atoms with Crippen LogP contribution in [0.25, 0.3) is 10.8 Å². The second kappa shape index (κ2) is 4.79. The first-order chi connectivity index (χ1) is 7.81. The second-order valence-electron chi connectivity index (χ2n) is 3.80. The van der Waals surface area contributed by atoms with Gasteiger partial charge < -0.3 is 5.73 Å². The van der Waals surface area contributed by atoms with Crippen molar-refractivity contribution in [2.45, 2.75) is 19.9 Å². The fourth-order valence-electron chi connectivity index (χ4n) is 1.73. The molecular weight excluding hydrogens is 196 g/mol. The van der Waals surface area contributed by atoms with Gasteiger partial charge in [-0.15, -0.1) is 0 Å². The number of benzene rings is 2. The standard InChI is InChI=1S/C14H16N2/c1-2-14(15)16-10-12-8-5-7-11-6-3-4-9-13(11)12/h3-9H,2,10H2,1H3,(H2,15,16). The molecule has 2 N–H and O–H groups in total. The number of hydrogen-bond acceptors (Lipinski definition) is 1. The van der Waals surface area contributed by atoms with Gasteiger partial charge in [-0.25, -0.2) is 0 Å². The Hall–Kier alpha value is -1.83. The lowest BCUT2D eigenvalue weighted by molar-refractivity contribution is 1.05. The van der Waals surface area contributed by atoms with Gasteiger partial charge in [0.15, 0.2) is 0 Å². The van der Waals surface area contributed by atoms with E-state index in [4.69, 9.17) is 5.73 Å². The van der Waals surface area contributed by atoms with Crippen LogP contribution < -0.4 is 5.73 Å². The summed E-state index contributed by atoms with van der Waals surface area (Å²) in [5.41, 5.74) is 6.95. The van der Waals surface area contributed by atoms with Gasteiger partial charge in [-0.05, 0) is 16.3 Å². The van der Waals surface area contributed by atoms with Gasteiger partial charge in [-0.1, -0.05) is 49.4 Å². The quantitative estimate of drug-likeness (QED) is 0.616. The summed E-state index contributed by atoms with van der Waals surface area (Å²) in [6.07, 6.45) is 0.810. The molecule has 0 unspecified atom stereocenters. The van der Waals surface area contributed by atoms with Gasteiger partial charge in [0.2, 0.25) is 0 Å². The summed E-state index contributed by atoms with van der Waals surface area (Å²) < 4.78 is 0. The lowest BCUT2D eigenvalue weighted by Gasteiger charge is -2.04. The number of rotatable bonds is 3. The summed E-state index contributed by atoms with van der Waals surface area (Å²) in [7, 11) is 0. The number of hydrogen-bond donors (Lipinski definition) is 1. The molecular formula is C14H16N2. The van der Waals surface area contributed by atoms with E-state index in [0.29, 0.717) is 12.4 Å². The molecule has 82 valence electrons. The Balaban J connectivity index is 2.37. The summed E-state index contributed by atoms with van der Waals surface area (Å²) in [5, 5.41) is 2.52. The van der Waals surface area contributed by atoms with Crippen LogP contribution in [0.2, 0.25) is 0 Å². The highest BCUT2D eigenvalue weighted by Gasteiger charge is 1.98. The van der Waals surface area contributed by atoms with Crippen LogP contribution in [0, 0.1) is 0 Å². The molecule has 0 spiro atoms. The molecule has 0 aliphatic carbocycles. The molecule has 0 radical (unpaired) electrons. The Morgan fingerprint density at radius 2 is 1.88 bits per heavy atom. The van der Waals surface area contributed by atoms with Crippen LogP contribution in [-0.4, -0.2) is 5.84 Å². The average molecular weight is 212 g/mol. The number of nitrogens with two attached hydrogens (primary N) is 1. The second-order valence-corrected chi connectivity index (χ2v) is 3.80. The molecule has 16 heavy (non-hydrogen) atoms. The minimum absolute atomic E-state index is 0.668. The van der Waals surface area contributed by atoms with Crippen molar-refractivity contribution in [2.75, 3.05) is 0 Å². The molecule has 0 aliphatic heterocycles. The number of nitrogens with zero attached hydrogens (tertiary/aromatic N) is 1. The molecule has 0 atom stereocenters. The molecule has 0 bridgehead atoms. The zero-order chi connectivity index (χ0) is 11.4. The van der Waals surface area contributed by atoms with Gasteiger partial charge in [0.1, 0.15) is 0 Å². The van der Waals surface area contributed by atoms with Gasteiger partial charge in [0, 0.05) is 6.42 Å². The Kier molecular flexibility index (Phi) is 3.20. The van der Waals surface area contributed by atoms with Crippen molar-refractivity contribution < 1.29 is 0 Å². The van der Waals surface area contributed by atoms with Crippen LogP contribution in [-0.2, 0) is 6.54 Å². The van der Waals surface area contributed by atoms with Crippen molar-refractivity contribution in [1.29, 1.82) is 0 Å². The molecule has 0 saturated heterocycles. The van der Waals surface area contributed by atoms with Crippen LogP contribution in [0.1, 0.15) is 18.9 Å². The molecule has 0 heterocycles. The number of aliphatic imine (C=N–C) groups is 1. The van der Waals surface area contributed by atoms with Crippen molar-refractivity contribution in [2.24, 2.45) is 10.7 Å². The van der Waals surface area contributed by atoms with Gasteiger partial charge in [0.25, 0.3) is 0 Å². The highest BCUT2D eigenvalue weighted by molar-refractivity contribution is 5.86. The minimum atomic E-state index is 0.668. The van der Waals surface area contributed by atoms with E-state index in [1.54, 1.807) is 0 Å². The molecule has 0 fully saturated rings. The average Bonchev–Trinajstić information content (AvgIpc) is 2.35. The van der Waals surface area contributed by atoms with Gasteiger partial charge in [-0.3, -0.25) is 4.99 Å². The first-order valence-corrected chi connectivity index (χ1v) is 5.56. The third kappa shape index (κ3) is 2.22. The molecule has 0 saturated carbocycles. The van der Waals surface area contributed by atoms with Crippen molar-refractivity contribution in [3.63, 3.8) is 0 Å². The molecule has 2 heteroatoms. The molecule has 2 rings (SSSR count). The van der Waals surface area contributed by atoms with Crippen molar-refractivity contribution in [3.05, 3.63) is 48.0 Å². The van der Waals surface area contributed by atoms with E-state index in [0.717, 1.165) is 6.42 Å². The van der Waals surface area contributed by atoms with Crippen LogP contribution in [0.3, 0.4) is 0 Å². The summed E-state index contributed by atoms with van der Waals surface area (Å²) >= 11 is 0. The number of amidine groups is 1. The van der Waals surface area contributed by atoms with Crippen LogP contribution in [0.5, 0.6) is 0 Å². The third-order valence-corrected chi connectivity index (χ3v) is 2.69. The summed E-state index contributed by atoms with van der Waals surface area (Å²) in [6.45, 7) is 2.68. The van der Waals surface area contributed by atoms with Crippen molar-refractivity contribution in [1.82, 2.24) is 0 Å².